The van der Waals surface area contributed by atoms with Gasteiger partial charge in [-0.3, -0.25) is 4.79 Å². The van der Waals surface area contributed by atoms with Crippen molar-refractivity contribution in [1.82, 2.24) is 15.5 Å². The van der Waals surface area contributed by atoms with E-state index in [2.05, 4.69) is 39.9 Å². The molecule has 8 heteroatoms. The second kappa shape index (κ2) is 11.7. The molecule has 1 aromatic carbocycles. The van der Waals surface area contributed by atoms with Gasteiger partial charge in [-0.25, -0.2) is 4.99 Å². The Morgan fingerprint density at radius 2 is 1.94 bits per heavy atom. The number of aryl methyl sites for hydroxylation is 1. The first-order valence-corrected chi connectivity index (χ1v) is 11.7. The van der Waals surface area contributed by atoms with Gasteiger partial charge in [0.25, 0.3) is 0 Å². The Morgan fingerprint density at radius 3 is 2.69 bits per heavy atom. The third-order valence-corrected chi connectivity index (χ3v) is 6.59. The average molecular weight is 556 g/mol. The maximum absolute atomic E-state index is 12.1. The fourth-order valence-corrected chi connectivity index (χ4v) is 4.74. The molecule has 178 valence electrons. The van der Waals surface area contributed by atoms with Gasteiger partial charge in [0.2, 0.25) is 5.91 Å². The van der Waals surface area contributed by atoms with E-state index in [9.17, 15) is 4.79 Å². The minimum atomic E-state index is -0.372. The lowest BCUT2D eigenvalue weighted by Crippen LogP contribution is -2.48. The SMILES string of the molecule is CN(C)C(=O)CN=C(NCC1COC2(CCCCC2)O1)NC1CCc2ccccc2C1.I. The summed E-state index contributed by atoms with van der Waals surface area (Å²) in [7, 11) is 3.51. The molecule has 2 atom stereocenters. The van der Waals surface area contributed by atoms with Gasteiger partial charge in [-0.2, -0.15) is 0 Å². The molecular weight excluding hydrogens is 519 g/mol. The van der Waals surface area contributed by atoms with Crippen LogP contribution in [0.25, 0.3) is 0 Å². The molecule has 0 radical (unpaired) electrons. The second-order valence-corrected chi connectivity index (χ2v) is 9.21. The van der Waals surface area contributed by atoms with Crippen molar-refractivity contribution in [3.8, 4) is 0 Å². The fraction of sp³-hybridized carbons (Fsp3) is 0.667. The number of amides is 1. The van der Waals surface area contributed by atoms with E-state index >= 15 is 0 Å². The number of ether oxygens (including phenoxy) is 2. The number of hydrogen-bond acceptors (Lipinski definition) is 4. The zero-order valence-electron chi connectivity index (χ0n) is 19.3. The molecule has 1 aromatic rings. The van der Waals surface area contributed by atoms with Crippen molar-refractivity contribution in [2.24, 2.45) is 4.99 Å². The molecule has 1 saturated carbocycles. The molecule has 2 aliphatic carbocycles. The van der Waals surface area contributed by atoms with Crippen LogP contribution in [0.1, 0.15) is 49.7 Å². The highest BCUT2D eigenvalue weighted by molar-refractivity contribution is 14.0. The van der Waals surface area contributed by atoms with Crippen molar-refractivity contribution in [3.63, 3.8) is 0 Å². The summed E-state index contributed by atoms with van der Waals surface area (Å²) < 4.78 is 12.4. The first-order valence-electron chi connectivity index (χ1n) is 11.7. The number of fused-ring (bicyclic) bond motifs is 1. The van der Waals surface area contributed by atoms with Gasteiger partial charge in [-0.15, -0.1) is 24.0 Å². The zero-order valence-corrected chi connectivity index (χ0v) is 21.6. The largest absolute Gasteiger partial charge is 0.354 e. The van der Waals surface area contributed by atoms with Gasteiger partial charge in [0.05, 0.1) is 6.61 Å². The van der Waals surface area contributed by atoms with E-state index in [1.807, 2.05) is 0 Å². The van der Waals surface area contributed by atoms with E-state index in [-0.39, 0.29) is 48.3 Å². The van der Waals surface area contributed by atoms with Crippen LogP contribution >= 0.6 is 24.0 Å². The van der Waals surface area contributed by atoms with Crippen molar-refractivity contribution < 1.29 is 14.3 Å². The Balaban J connectivity index is 0.00000289. The fourth-order valence-electron chi connectivity index (χ4n) is 4.74. The molecule has 2 N–H and O–H groups in total. The summed E-state index contributed by atoms with van der Waals surface area (Å²) in [6, 6.07) is 8.92. The Hall–Kier alpha value is -1.39. The van der Waals surface area contributed by atoms with Gasteiger partial charge < -0.3 is 25.0 Å². The number of carbonyl (C=O) groups excluding carboxylic acids is 1. The molecule has 32 heavy (non-hydrogen) atoms. The molecule has 4 rings (SSSR count). The minimum Gasteiger partial charge on any atom is -0.354 e. The Labute approximate surface area is 208 Å². The number of halogens is 1. The third kappa shape index (κ3) is 6.57. The van der Waals surface area contributed by atoms with Crippen LogP contribution < -0.4 is 10.6 Å². The smallest absolute Gasteiger partial charge is 0.243 e. The molecule has 2 unspecified atom stereocenters. The maximum Gasteiger partial charge on any atom is 0.243 e. The lowest BCUT2D eigenvalue weighted by atomic mass is 9.88. The van der Waals surface area contributed by atoms with Gasteiger partial charge in [0, 0.05) is 39.5 Å². The zero-order chi connectivity index (χ0) is 21.7. The molecule has 3 aliphatic rings. The van der Waals surface area contributed by atoms with E-state index in [1.54, 1.807) is 19.0 Å². The molecule has 1 amide bonds. The van der Waals surface area contributed by atoms with Crippen molar-refractivity contribution in [1.29, 1.82) is 0 Å². The first-order chi connectivity index (χ1) is 15.0. The van der Waals surface area contributed by atoms with Gasteiger partial charge in [0.15, 0.2) is 11.7 Å². The van der Waals surface area contributed by atoms with Crippen LogP contribution in [0.4, 0.5) is 0 Å². The normalized spacial score (nSPS) is 24.4. The van der Waals surface area contributed by atoms with E-state index in [0.717, 1.165) is 32.1 Å². The average Bonchev–Trinajstić information content (AvgIpc) is 3.17. The topological polar surface area (TPSA) is 75.2 Å². The summed E-state index contributed by atoms with van der Waals surface area (Å²) in [5.41, 5.74) is 2.82. The quantitative estimate of drug-likeness (QED) is 0.332. The molecule has 0 aromatic heterocycles. The summed E-state index contributed by atoms with van der Waals surface area (Å²) in [5.74, 6) is 0.285. The predicted octanol–water partition coefficient (Wildman–Crippen LogP) is 2.86. The number of rotatable bonds is 5. The Morgan fingerprint density at radius 1 is 1.19 bits per heavy atom. The van der Waals surface area contributed by atoms with Gasteiger partial charge in [-0.05, 0) is 43.2 Å². The summed E-state index contributed by atoms with van der Waals surface area (Å²) in [6.07, 6.45) is 8.65. The highest BCUT2D eigenvalue weighted by atomic mass is 127. The summed E-state index contributed by atoms with van der Waals surface area (Å²) >= 11 is 0. The highest BCUT2D eigenvalue weighted by Gasteiger charge is 2.42. The molecule has 7 nitrogen and oxygen atoms in total. The summed E-state index contributed by atoms with van der Waals surface area (Å²) in [4.78, 5) is 18.2. The van der Waals surface area contributed by atoms with Crippen molar-refractivity contribution in [3.05, 3.63) is 35.4 Å². The lowest BCUT2D eigenvalue weighted by Gasteiger charge is -2.32. The number of aliphatic imine (C=N–C) groups is 1. The number of hydrogen-bond donors (Lipinski definition) is 2. The number of nitrogens with one attached hydrogen (secondary N) is 2. The van der Waals surface area contributed by atoms with Crippen molar-refractivity contribution >= 4 is 35.8 Å². The van der Waals surface area contributed by atoms with Crippen LogP contribution in [0, 0.1) is 0 Å². The summed E-state index contributed by atoms with van der Waals surface area (Å²) in [5, 5.41) is 6.97. The molecule has 0 bridgehead atoms. The highest BCUT2D eigenvalue weighted by Crippen LogP contribution is 2.37. The van der Waals surface area contributed by atoms with Crippen LogP contribution in [0.3, 0.4) is 0 Å². The number of guanidine groups is 1. The van der Waals surface area contributed by atoms with Gasteiger partial charge in [-0.1, -0.05) is 30.7 Å². The van der Waals surface area contributed by atoms with E-state index in [4.69, 9.17) is 9.47 Å². The monoisotopic (exact) mass is 556 g/mol. The van der Waals surface area contributed by atoms with Gasteiger partial charge in [0.1, 0.15) is 12.6 Å². The predicted molar refractivity (Wildman–Crippen MR) is 136 cm³/mol. The van der Waals surface area contributed by atoms with Crippen LogP contribution in [0.2, 0.25) is 0 Å². The molecule has 1 aliphatic heterocycles. The Bertz CT molecular complexity index is 795. The maximum atomic E-state index is 12.1. The number of likely N-dealkylation sites (N-methyl/N-ethyl adjacent to an activating group) is 1. The van der Waals surface area contributed by atoms with Crippen LogP contribution in [0.5, 0.6) is 0 Å². The lowest BCUT2D eigenvalue weighted by molar-refractivity contribution is -0.186. The van der Waals surface area contributed by atoms with Crippen LogP contribution in [-0.2, 0) is 27.1 Å². The Kier molecular flexibility index (Phi) is 9.19. The molecule has 1 heterocycles. The number of benzene rings is 1. The minimum absolute atomic E-state index is 0. The van der Waals surface area contributed by atoms with Crippen molar-refractivity contribution in [2.75, 3.05) is 33.8 Å². The van der Waals surface area contributed by atoms with Gasteiger partial charge >= 0.3 is 0 Å². The molecule has 1 saturated heterocycles. The molecule has 1 spiro atoms. The first kappa shape index (κ1) is 25.2. The van der Waals surface area contributed by atoms with E-state index in [0.29, 0.717) is 25.2 Å². The van der Waals surface area contributed by atoms with E-state index < -0.39 is 0 Å². The molecule has 2 fully saturated rings. The van der Waals surface area contributed by atoms with Crippen molar-refractivity contribution in [2.45, 2.75) is 69.3 Å². The van der Waals surface area contributed by atoms with Crippen LogP contribution in [-0.4, -0.2) is 68.5 Å². The molecular formula is C24H37IN4O3. The number of nitrogens with zero attached hydrogens (tertiary/aromatic N) is 2. The summed E-state index contributed by atoms with van der Waals surface area (Å²) in [6.45, 7) is 1.35. The second-order valence-electron chi connectivity index (χ2n) is 9.21. The third-order valence-electron chi connectivity index (χ3n) is 6.59. The van der Waals surface area contributed by atoms with E-state index in [1.165, 1.54) is 30.4 Å². The number of carbonyl (C=O) groups is 1. The standard InChI is InChI=1S/C24H36N4O3.HI/c1-28(2)22(29)16-26-23(27-20-11-10-18-8-4-5-9-19(18)14-20)25-15-21-17-30-24(31-21)12-6-3-7-13-24;/h4-5,8-9,20-21H,3,6-7,10-17H2,1-2H3,(H2,25,26,27);1H. The van der Waals surface area contributed by atoms with Crippen LogP contribution in [0.15, 0.2) is 29.3 Å².